The minimum Gasteiger partial charge on any atom is -0.479 e. The maximum Gasteiger partial charge on any atom is 0.208 e. The molecule has 0 amide bonds. The summed E-state index contributed by atoms with van der Waals surface area (Å²) >= 11 is 1.41. The van der Waals surface area contributed by atoms with Gasteiger partial charge in [-0.2, -0.15) is 5.10 Å². The summed E-state index contributed by atoms with van der Waals surface area (Å²) in [6, 6.07) is 13.0. The number of thiophene rings is 1. The molecule has 4 aromatic rings. The number of rotatable bonds is 5. The highest BCUT2D eigenvalue weighted by molar-refractivity contribution is 7.12. The number of benzene rings is 1. The second-order valence-electron chi connectivity index (χ2n) is 5.27. The van der Waals surface area contributed by atoms with Gasteiger partial charge in [-0.05, 0) is 41.8 Å². The van der Waals surface area contributed by atoms with Crippen molar-refractivity contribution in [2.24, 2.45) is 5.73 Å². The summed E-state index contributed by atoms with van der Waals surface area (Å²) in [5, 5.41) is 6.25. The molecule has 25 heavy (non-hydrogen) atoms. The fourth-order valence-corrected chi connectivity index (χ4v) is 3.31. The molecule has 0 radical (unpaired) electrons. The number of carbonyl (C=O) groups excluding carboxylic acids is 1. The third-order valence-corrected chi connectivity index (χ3v) is 4.66. The molecule has 0 saturated heterocycles. The molecule has 124 valence electrons. The molecular weight excluding hydrogens is 336 g/mol. The van der Waals surface area contributed by atoms with E-state index < -0.39 is 0 Å². The first kappa shape index (κ1) is 15.5. The van der Waals surface area contributed by atoms with Crippen LogP contribution in [0.3, 0.4) is 0 Å². The van der Waals surface area contributed by atoms with Crippen molar-refractivity contribution in [3.63, 3.8) is 0 Å². The van der Waals surface area contributed by atoms with Crippen LogP contribution in [0.2, 0.25) is 0 Å². The zero-order valence-corrected chi connectivity index (χ0v) is 13.9. The van der Waals surface area contributed by atoms with Crippen molar-refractivity contribution < 1.29 is 9.53 Å². The lowest BCUT2D eigenvalue weighted by molar-refractivity contribution is 0.104. The molecule has 3 aromatic heterocycles. The Balaban J connectivity index is 1.78. The van der Waals surface area contributed by atoms with Crippen LogP contribution in [-0.4, -0.2) is 27.1 Å². The van der Waals surface area contributed by atoms with Gasteiger partial charge in [0.25, 0.3) is 0 Å². The fourth-order valence-electron chi connectivity index (χ4n) is 2.63. The minimum atomic E-state index is -0.0682. The zero-order chi connectivity index (χ0) is 17.2. The lowest BCUT2D eigenvalue weighted by Crippen LogP contribution is -2.07. The van der Waals surface area contributed by atoms with Crippen molar-refractivity contribution in [1.82, 2.24) is 14.6 Å². The number of aromatic nitrogens is 3. The van der Waals surface area contributed by atoms with E-state index in [1.165, 1.54) is 11.3 Å². The van der Waals surface area contributed by atoms with Crippen LogP contribution in [0.25, 0.3) is 16.9 Å². The summed E-state index contributed by atoms with van der Waals surface area (Å²) in [5.41, 5.74) is 8.19. The van der Waals surface area contributed by atoms with E-state index >= 15 is 0 Å². The van der Waals surface area contributed by atoms with E-state index in [1.54, 1.807) is 23.0 Å². The van der Waals surface area contributed by atoms with Gasteiger partial charge in [0.15, 0.2) is 5.65 Å². The average Bonchev–Trinajstić information content (AvgIpc) is 3.32. The molecule has 0 saturated carbocycles. The molecule has 3 heterocycles. The minimum absolute atomic E-state index is 0.0682. The van der Waals surface area contributed by atoms with Gasteiger partial charge in [0.05, 0.1) is 22.3 Å². The summed E-state index contributed by atoms with van der Waals surface area (Å²) in [5.74, 6) is 0.631. The van der Waals surface area contributed by atoms with E-state index in [0.717, 1.165) is 11.3 Å². The number of nitrogens with two attached hydrogens (primary N) is 1. The first-order chi connectivity index (χ1) is 12.3. The first-order valence-corrected chi connectivity index (χ1v) is 8.50. The molecular formula is C18H14N4O2S. The van der Waals surface area contributed by atoms with Crippen molar-refractivity contribution in [3.05, 3.63) is 70.7 Å². The smallest absolute Gasteiger partial charge is 0.208 e. The Morgan fingerprint density at radius 1 is 1.20 bits per heavy atom. The predicted molar refractivity (Wildman–Crippen MR) is 95.9 cm³/mol. The van der Waals surface area contributed by atoms with E-state index in [0.29, 0.717) is 21.8 Å². The number of nitrogens with zero attached hydrogens (tertiary/aromatic N) is 3. The third-order valence-electron chi connectivity index (χ3n) is 3.79. The predicted octanol–water partition coefficient (Wildman–Crippen LogP) is 2.98. The third kappa shape index (κ3) is 2.79. The van der Waals surface area contributed by atoms with E-state index in [9.17, 15) is 4.79 Å². The first-order valence-electron chi connectivity index (χ1n) is 7.62. The van der Waals surface area contributed by atoms with Gasteiger partial charge in [0.1, 0.15) is 12.5 Å². The number of ketones is 1. The quantitative estimate of drug-likeness (QED) is 0.442. The van der Waals surface area contributed by atoms with Gasteiger partial charge in [0.2, 0.25) is 5.78 Å². The Morgan fingerprint density at radius 2 is 2.04 bits per heavy atom. The summed E-state index contributed by atoms with van der Waals surface area (Å²) in [4.78, 5) is 17.7. The molecule has 4 rings (SSSR count). The summed E-state index contributed by atoms with van der Waals surface area (Å²) in [7, 11) is 0. The highest BCUT2D eigenvalue weighted by atomic mass is 32.1. The molecule has 0 bridgehead atoms. The summed E-state index contributed by atoms with van der Waals surface area (Å²) in [6.45, 7) is 0.131. The van der Waals surface area contributed by atoms with Crippen molar-refractivity contribution in [2.75, 3.05) is 6.73 Å². The van der Waals surface area contributed by atoms with Gasteiger partial charge in [-0.3, -0.25) is 10.5 Å². The second kappa shape index (κ2) is 6.46. The van der Waals surface area contributed by atoms with Crippen LogP contribution in [0, 0.1) is 0 Å². The molecule has 0 fully saturated rings. The van der Waals surface area contributed by atoms with Crippen LogP contribution in [-0.2, 0) is 0 Å². The van der Waals surface area contributed by atoms with Crippen molar-refractivity contribution in [2.45, 2.75) is 0 Å². The maximum absolute atomic E-state index is 12.6. The van der Waals surface area contributed by atoms with Gasteiger partial charge in [0, 0.05) is 11.8 Å². The molecule has 0 unspecified atom stereocenters. The van der Waals surface area contributed by atoms with E-state index in [2.05, 4.69) is 10.1 Å². The normalized spacial score (nSPS) is 10.9. The van der Waals surface area contributed by atoms with Crippen molar-refractivity contribution >= 4 is 22.8 Å². The number of fused-ring (bicyclic) bond motifs is 1. The largest absolute Gasteiger partial charge is 0.479 e. The summed E-state index contributed by atoms with van der Waals surface area (Å²) in [6.07, 6.45) is 3.25. The molecule has 0 aliphatic rings. The lowest BCUT2D eigenvalue weighted by Gasteiger charge is -2.07. The molecule has 1 aromatic carbocycles. The van der Waals surface area contributed by atoms with E-state index in [1.807, 2.05) is 41.8 Å². The van der Waals surface area contributed by atoms with Gasteiger partial charge < -0.3 is 4.74 Å². The van der Waals surface area contributed by atoms with Gasteiger partial charge in [-0.25, -0.2) is 9.50 Å². The Labute approximate surface area is 147 Å². The Morgan fingerprint density at radius 3 is 2.76 bits per heavy atom. The summed E-state index contributed by atoms with van der Waals surface area (Å²) < 4.78 is 6.94. The number of hydrogen-bond acceptors (Lipinski definition) is 6. The average molecular weight is 350 g/mol. The van der Waals surface area contributed by atoms with Gasteiger partial charge in [-0.1, -0.05) is 6.07 Å². The van der Waals surface area contributed by atoms with Crippen LogP contribution < -0.4 is 10.5 Å². The Bertz CT molecular complexity index is 1020. The van der Waals surface area contributed by atoms with Crippen LogP contribution in [0.1, 0.15) is 15.2 Å². The van der Waals surface area contributed by atoms with Crippen LogP contribution in [0.5, 0.6) is 5.75 Å². The van der Waals surface area contributed by atoms with Crippen molar-refractivity contribution in [3.8, 4) is 17.0 Å². The molecule has 0 atom stereocenters. The zero-order valence-electron chi connectivity index (χ0n) is 13.1. The molecule has 0 aliphatic carbocycles. The SMILES string of the molecule is NCOc1ccc(-c2ccnc3c(C(=O)c4cccs4)cnn23)cc1. The maximum atomic E-state index is 12.6. The van der Waals surface area contributed by atoms with E-state index in [-0.39, 0.29) is 12.5 Å². The Hall–Kier alpha value is -3.03. The van der Waals surface area contributed by atoms with Gasteiger partial charge in [-0.15, -0.1) is 11.3 Å². The number of carbonyl (C=O) groups is 1. The van der Waals surface area contributed by atoms with Gasteiger partial charge >= 0.3 is 0 Å². The van der Waals surface area contributed by atoms with Crippen LogP contribution in [0.4, 0.5) is 0 Å². The number of ether oxygens (including phenoxy) is 1. The standard InChI is InChI=1S/C18H14N4O2S/c19-11-24-13-5-3-12(4-6-13)15-7-8-20-18-14(10-21-22(15)18)17(23)16-2-1-9-25-16/h1-10H,11,19H2. The lowest BCUT2D eigenvalue weighted by atomic mass is 10.1. The molecule has 7 heteroatoms. The highest BCUT2D eigenvalue weighted by Gasteiger charge is 2.18. The topological polar surface area (TPSA) is 82.5 Å². The fraction of sp³-hybridized carbons (Fsp3) is 0.0556. The van der Waals surface area contributed by atoms with Crippen molar-refractivity contribution in [1.29, 1.82) is 0 Å². The van der Waals surface area contributed by atoms with Crippen LogP contribution in [0.15, 0.2) is 60.2 Å². The van der Waals surface area contributed by atoms with E-state index in [4.69, 9.17) is 10.5 Å². The monoisotopic (exact) mass is 350 g/mol. The van der Waals surface area contributed by atoms with Crippen LogP contribution >= 0.6 is 11.3 Å². The Kier molecular flexibility index (Phi) is 4.01. The molecule has 0 spiro atoms. The number of hydrogen-bond donors (Lipinski definition) is 1. The molecule has 6 nitrogen and oxygen atoms in total. The molecule has 2 N–H and O–H groups in total. The highest BCUT2D eigenvalue weighted by Crippen LogP contribution is 2.25. The second-order valence-corrected chi connectivity index (χ2v) is 6.21. The molecule has 0 aliphatic heterocycles.